The third-order valence-corrected chi connectivity index (χ3v) is 5.82. The van der Waals surface area contributed by atoms with Crippen LogP contribution in [-0.2, 0) is 4.79 Å². The number of amides is 1. The molecular formula is C16H24N2OS. The van der Waals surface area contributed by atoms with Gasteiger partial charge in [0.25, 0.3) is 0 Å². The summed E-state index contributed by atoms with van der Waals surface area (Å²) in [6.45, 7) is 4.90. The summed E-state index contributed by atoms with van der Waals surface area (Å²) in [5.41, 5.74) is 0. The fourth-order valence-corrected chi connectivity index (χ4v) is 4.61. The molecule has 110 valence electrons. The molecular weight excluding hydrogens is 268 g/mol. The molecule has 1 aromatic heterocycles. The van der Waals surface area contributed by atoms with Crippen LogP contribution in [0.4, 0.5) is 0 Å². The average molecular weight is 292 g/mol. The number of carbonyl (C=O) groups excluding carboxylic acids is 1. The molecule has 3 atom stereocenters. The Labute approximate surface area is 125 Å². The number of nitrogens with one attached hydrogen (secondary N) is 1. The molecule has 3 nitrogen and oxygen atoms in total. The minimum Gasteiger partial charge on any atom is -0.318 e. The number of nitrogens with zero attached hydrogens (tertiary/aromatic N) is 1. The van der Waals surface area contributed by atoms with Gasteiger partial charge in [0.2, 0.25) is 5.91 Å². The first kappa shape index (κ1) is 14.1. The fraction of sp³-hybridized carbons (Fsp3) is 0.688. The third-order valence-electron chi connectivity index (χ3n) is 4.77. The summed E-state index contributed by atoms with van der Waals surface area (Å²) in [5, 5.41) is 3.40. The van der Waals surface area contributed by atoms with E-state index in [9.17, 15) is 4.79 Å². The first-order valence-electron chi connectivity index (χ1n) is 7.80. The molecule has 2 fully saturated rings. The molecule has 1 amide bonds. The molecule has 0 aromatic carbocycles. The standard InChI is InChI=1S/C16H24N2OS/c1-3-12-5-4-6-13(9-12)18-15(19)10-17-16(18)14-8-7-11(2)20-14/h7-8,12-13,16-17H,3-6,9-10H2,1-2H3. The Kier molecular flexibility index (Phi) is 4.13. The van der Waals surface area contributed by atoms with Gasteiger partial charge >= 0.3 is 0 Å². The Morgan fingerprint density at radius 3 is 2.95 bits per heavy atom. The van der Waals surface area contributed by atoms with Crippen LogP contribution in [-0.4, -0.2) is 23.4 Å². The lowest BCUT2D eigenvalue weighted by atomic mass is 9.83. The van der Waals surface area contributed by atoms with E-state index in [1.54, 1.807) is 11.3 Å². The van der Waals surface area contributed by atoms with E-state index in [-0.39, 0.29) is 12.1 Å². The molecule has 0 spiro atoms. The maximum Gasteiger partial charge on any atom is 0.238 e. The fourth-order valence-electron chi connectivity index (χ4n) is 3.66. The zero-order valence-electron chi connectivity index (χ0n) is 12.4. The van der Waals surface area contributed by atoms with Crippen LogP contribution < -0.4 is 5.32 Å². The normalized spacial score (nSPS) is 31.0. The molecule has 1 aliphatic heterocycles. The van der Waals surface area contributed by atoms with Crippen LogP contribution in [0.3, 0.4) is 0 Å². The summed E-state index contributed by atoms with van der Waals surface area (Å²) in [6.07, 6.45) is 6.32. The minimum atomic E-state index is 0.113. The van der Waals surface area contributed by atoms with Gasteiger partial charge in [-0.1, -0.05) is 26.2 Å². The predicted octanol–water partition coefficient (Wildman–Crippen LogP) is 3.46. The van der Waals surface area contributed by atoms with E-state index in [1.165, 1.54) is 41.9 Å². The second-order valence-electron chi connectivity index (χ2n) is 6.13. The third kappa shape index (κ3) is 2.63. The smallest absolute Gasteiger partial charge is 0.238 e. The van der Waals surface area contributed by atoms with Gasteiger partial charge in [0.15, 0.2) is 0 Å². The molecule has 0 bridgehead atoms. The summed E-state index contributed by atoms with van der Waals surface area (Å²) < 4.78 is 0. The monoisotopic (exact) mass is 292 g/mol. The van der Waals surface area contributed by atoms with Crippen LogP contribution >= 0.6 is 11.3 Å². The highest BCUT2D eigenvalue weighted by atomic mass is 32.1. The van der Waals surface area contributed by atoms with Gasteiger partial charge < -0.3 is 4.90 Å². The molecule has 1 aromatic rings. The maximum atomic E-state index is 12.3. The van der Waals surface area contributed by atoms with Gasteiger partial charge in [-0.25, -0.2) is 0 Å². The first-order chi connectivity index (χ1) is 9.69. The molecule has 1 aliphatic carbocycles. The van der Waals surface area contributed by atoms with Crippen molar-refractivity contribution in [1.29, 1.82) is 0 Å². The molecule has 2 heterocycles. The second kappa shape index (κ2) is 5.86. The number of carbonyl (C=O) groups is 1. The van der Waals surface area contributed by atoms with Crippen LogP contribution in [0.25, 0.3) is 0 Å². The molecule has 3 rings (SSSR count). The number of aryl methyl sites for hydroxylation is 1. The summed E-state index contributed by atoms with van der Waals surface area (Å²) >= 11 is 1.80. The van der Waals surface area contributed by atoms with E-state index in [4.69, 9.17) is 0 Å². The topological polar surface area (TPSA) is 32.3 Å². The van der Waals surface area contributed by atoms with Gasteiger partial charge in [-0.05, 0) is 37.8 Å². The van der Waals surface area contributed by atoms with Crippen molar-refractivity contribution in [2.75, 3.05) is 6.54 Å². The first-order valence-corrected chi connectivity index (χ1v) is 8.61. The molecule has 1 saturated heterocycles. The van der Waals surface area contributed by atoms with Gasteiger partial charge in [-0.15, -0.1) is 11.3 Å². The van der Waals surface area contributed by atoms with Crippen molar-refractivity contribution in [3.8, 4) is 0 Å². The number of thiophene rings is 1. The molecule has 0 radical (unpaired) electrons. The van der Waals surface area contributed by atoms with Gasteiger partial charge in [0, 0.05) is 15.8 Å². The van der Waals surface area contributed by atoms with Crippen LogP contribution in [0.1, 0.15) is 54.9 Å². The second-order valence-corrected chi connectivity index (χ2v) is 7.45. The molecule has 1 N–H and O–H groups in total. The molecule has 1 saturated carbocycles. The van der Waals surface area contributed by atoms with E-state index in [1.807, 2.05) is 0 Å². The number of hydrogen-bond donors (Lipinski definition) is 1. The SMILES string of the molecule is CCC1CCCC(N2C(=O)CNC2c2ccc(C)s2)C1. The highest BCUT2D eigenvalue weighted by Crippen LogP contribution is 2.36. The van der Waals surface area contributed by atoms with Gasteiger partial charge in [-0.3, -0.25) is 10.1 Å². The number of rotatable bonds is 3. The van der Waals surface area contributed by atoms with Crippen molar-refractivity contribution in [3.05, 3.63) is 21.9 Å². The molecule has 2 aliphatic rings. The van der Waals surface area contributed by atoms with Crippen molar-refractivity contribution >= 4 is 17.2 Å². The zero-order valence-corrected chi connectivity index (χ0v) is 13.2. The Bertz CT molecular complexity index is 485. The van der Waals surface area contributed by atoms with E-state index in [2.05, 4.69) is 36.2 Å². The average Bonchev–Trinajstić information content (AvgIpc) is 3.05. The predicted molar refractivity (Wildman–Crippen MR) is 82.7 cm³/mol. The van der Waals surface area contributed by atoms with E-state index in [0.29, 0.717) is 12.6 Å². The van der Waals surface area contributed by atoms with Crippen molar-refractivity contribution in [2.45, 2.75) is 58.2 Å². The van der Waals surface area contributed by atoms with Crippen molar-refractivity contribution in [3.63, 3.8) is 0 Å². The van der Waals surface area contributed by atoms with Crippen LogP contribution in [0.15, 0.2) is 12.1 Å². The Morgan fingerprint density at radius 1 is 1.40 bits per heavy atom. The highest BCUT2D eigenvalue weighted by Gasteiger charge is 2.39. The van der Waals surface area contributed by atoms with Crippen molar-refractivity contribution in [2.24, 2.45) is 5.92 Å². The van der Waals surface area contributed by atoms with Crippen LogP contribution in [0.5, 0.6) is 0 Å². The van der Waals surface area contributed by atoms with Gasteiger partial charge in [0.1, 0.15) is 6.17 Å². The summed E-state index contributed by atoms with van der Waals surface area (Å²) in [7, 11) is 0. The summed E-state index contributed by atoms with van der Waals surface area (Å²) in [6, 6.07) is 4.76. The Balaban J connectivity index is 1.79. The minimum absolute atomic E-state index is 0.113. The Morgan fingerprint density at radius 2 is 2.25 bits per heavy atom. The van der Waals surface area contributed by atoms with Crippen LogP contribution in [0, 0.1) is 12.8 Å². The highest BCUT2D eigenvalue weighted by molar-refractivity contribution is 7.12. The Hall–Kier alpha value is -0.870. The quantitative estimate of drug-likeness (QED) is 0.925. The van der Waals surface area contributed by atoms with Crippen molar-refractivity contribution in [1.82, 2.24) is 10.2 Å². The zero-order chi connectivity index (χ0) is 14.1. The lowest BCUT2D eigenvalue weighted by Crippen LogP contribution is -2.42. The largest absolute Gasteiger partial charge is 0.318 e. The van der Waals surface area contributed by atoms with E-state index in [0.717, 1.165) is 5.92 Å². The van der Waals surface area contributed by atoms with Crippen molar-refractivity contribution < 1.29 is 4.79 Å². The van der Waals surface area contributed by atoms with E-state index < -0.39 is 0 Å². The molecule has 4 heteroatoms. The van der Waals surface area contributed by atoms with Gasteiger partial charge in [-0.2, -0.15) is 0 Å². The molecule has 20 heavy (non-hydrogen) atoms. The number of hydrogen-bond acceptors (Lipinski definition) is 3. The van der Waals surface area contributed by atoms with Crippen LogP contribution in [0.2, 0.25) is 0 Å². The lowest BCUT2D eigenvalue weighted by molar-refractivity contribution is -0.131. The summed E-state index contributed by atoms with van der Waals surface area (Å²) in [4.78, 5) is 17.1. The van der Waals surface area contributed by atoms with E-state index >= 15 is 0 Å². The molecule has 3 unspecified atom stereocenters. The summed E-state index contributed by atoms with van der Waals surface area (Å²) in [5.74, 6) is 1.08. The lowest BCUT2D eigenvalue weighted by Gasteiger charge is -2.37. The van der Waals surface area contributed by atoms with Gasteiger partial charge in [0.05, 0.1) is 6.54 Å². The maximum absolute atomic E-state index is 12.3.